The molecule has 0 aliphatic rings. The number of aromatic nitrogens is 4. The van der Waals surface area contributed by atoms with Crippen molar-refractivity contribution in [2.24, 2.45) is 0 Å². The van der Waals surface area contributed by atoms with Gasteiger partial charge in [-0.3, -0.25) is 0 Å². The Morgan fingerprint density at radius 1 is 0.829 bits per heavy atom. The quantitative estimate of drug-likeness (QED) is 0.271. The molecule has 0 fully saturated rings. The molecule has 35 heavy (non-hydrogen) atoms. The molecule has 0 N–H and O–H groups in total. The third-order valence-electron chi connectivity index (χ3n) is 5.54. The highest BCUT2D eigenvalue weighted by atomic mass is 35.5. The number of hydrogen-bond donors (Lipinski definition) is 0. The fourth-order valence-corrected chi connectivity index (χ4v) is 4.16. The van der Waals surface area contributed by atoms with Crippen LogP contribution in [-0.2, 0) is 12.7 Å². The van der Waals surface area contributed by atoms with E-state index in [4.69, 9.17) is 23.2 Å². The number of rotatable bonds is 4. The van der Waals surface area contributed by atoms with E-state index in [1.165, 1.54) is 24.4 Å². The predicted molar refractivity (Wildman–Crippen MR) is 129 cm³/mol. The summed E-state index contributed by atoms with van der Waals surface area (Å²) in [5, 5.41) is 9.75. The number of fused-ring (bicyclic) bond motifs is 1. The first kappa shape index (κ1) is 23.1. The minimum absolute atomic E-state index is 0.0727. The third-order valence-corrected chi connectivity index (χ3v) is 6.05. The van der Waals surface area contributed by atoms with Crippen LogP contribution in [0.5, 0.6) is 0 Å². The molecule has 0 aliphatic carbocycles. The molecule has 2 aromatic heterocycles. The van der Waals surface area contributed by atoms with Crippen molar-refractivity contribution in [1.82, 2.24) is 19.4 Å². The molecule has 0 bridgehead atoms. The van der Waals surface area contributed by atoms with Crippen molar-refractivity contribution in [2.45, 2.75) is 12.7 Å². The average Bonchev–Trinajstić information content (AvgIpc) is 3.14. The van der Waals surface area contributed by atoms with Gasteiger partial charge in [-0.05, 0) is 47.0 Å². The van der Waals surface area contributed by atoms with Crippen LogP contribution in [0.4, 0.5) is 13.2 Å². The maximum Gasteiger partial charge on any atom is 0.416 e. The molecule has 5 nitrogen and oxygen atoms in total. The zero-order valence-electron chi connectivity index (χ0n) is 17.8. The lowest BCUT2D eigenvalue weighted by Crippen LogP contribution is -2.24. The highest BCUT2D eigenvalue weighted by Crippen LogP contribution is 2.35. The van der Waals surface area contributed by atoms with Crippen molar-refractivity contribution in [2.75, 3.05) is 0 Å². The largest absolute Gasteiger partial charge is 0.416 e. The molecule has 10 heteroatoms. The second-order valence-corrected chi connectivity index (χ2v) is 8.65. The number of benzene rings is 3. The Morgan fingerprint density at radius 2 is 1.43 bits per heavy atom. The van der Waals surface area contributed by atoms with E-state index >= 15 is 0 Å². The standard InChI is InChI=1S/C25H15Cl2F3N4O/c26-18-9-5-15(6-10-18)20-13-31-34-23(22(20)16-7-11-19(27)12-8-16)32-33(24(34)35)14-17-3-1-2-4-21(17)25(28,29)30/h1-13H,14H2. The molecule has 5 rings (SSSR count). The lowest BCUT2D eigenvalue weighted by Gasteiger charge is -2.12. The van der Waals surface area contributed by atoms with Crippen LogP contribution in [0.15, 0.2) is 83.8 Å². The van der Waals surface area contributed by atoms with Gasteiger partial charge in [0.2, 0.25) is 0 Å². The number of nitrogens with zero attached hydrogens (tertiary/aromatic N) is 4. The molecule has 0 saturated carbocycles. The molecule has 2 heterocycles. The summed E-state index contributed by atoms with van der Waals surface area (Å²) in [6, 6.07) is 19.1. The van der Waals surface area contributed by atoms with Crippen molar-refractivity contribution in [3.63, 3.8) is 0 Å². The highest BCUT2D eigenvalue weighted by molar-refractivity contribution is 6.31. The maximum atomic E-state index is 13.5. The molecular weight excluding hydrogens is 500 g/mol. The van der Waals surface area contributed by atoms with Crippen molar-refractivity contribution < 1.29 is 13.2 Å². The topological polar surface area (TPSA) is 52.2 Å². The second-order valence-electron chi connectivity index (χ2n) is 7.78. The Kier molecular flexibility index (Phi) is 5.86. The summed E-state index contributed by atoms with van der Waals surface area (Å²) in [7, 11) is 0. The molecule has 3 aromatic carbocycles. The van der Waals surface area contributed by atoms with Crippen LogP contribution in [0.1, 0.15) is 11.1 Å². The number of alkyl halides is 3. The van der Waals surface area contributed by atoms with E-state index in [1.807, 2.05) is 12.1 Å². The normalized spacial score (nSPS) is 11.8. The van der Waals surface area contributed by atoms with Gasteiger partial charge in [0.25, 0.3) is 0 Å². The number of halogens is 5. The first-order valence-electron chi connectivity index (χ1n) is 10.4. The molecular formula is C25H15Cl2F3N4O. The Hall–Kier alpha value is -3.62. The van der Waals surface area contributed by atoms with Crippen LogP contribution in [0.2, 0.25) is 10.0 Å². The SMILES string of the molecule is O=c1n(Cc2ccccc2C(F)(F)F)nc2c(-c3ccc(Cl)cc3)c(-c3ccc(Cl)cc3)cnn12. The molecule has 0 aliphatic heterocycles. The molecule has 0 saturated heterocycles. The van der Waals surface area contributed by atoms with Crippen LogP contribution in [0.3, 0.4) is 0 Å². The molecule has 0 atom stereocenters. The molecule has 0 spiro atoms. The molecule has 0 unspecified atom stereocenters. The summed E-state index contributed by atoms with van der Waals surface area (Å²) >= 11 is 12.1. The minimum atomic E-state index is -4.56. The summed E-state index contributed by atoms with van der Waals surface area (Å²) in [6.07, 6.45) is -3.04. The second kappa shape index (κ2) is 8.87. The van der Waals surface area contributed by atoms with Crippen LogP contribution >= 0.6 is 23.2 Å². The zero-order chi connectivity index (χ0) is 24.7. The minimum Gasteiger partial charge on any atom is -0.244 e. The van der Waals surface area contributed by atoms with Gasteiger partial charge in [-0.2, -0.15) is 22.8 Å². The Bertz CT molecular complexity index is 1590. The lowest BCUT2D eigenvalue weighted by atomic mass is 9.97. The van der Waals surface area contributed by atoms with Gasteiger partial charge in [-0.1, -0.05) is 65.7 Å². The van der Waals surface area contributed by atoms with Crippen molar-refractivity contribution in [1.29, 1.82) is 0 Å². The Balaban J connectivity index is 1.73. The summed E-state index contributed by atoms with van der Waals surface area (Å²) in [5.41, 5.74) is 1.39. The van der Waals surface area contributed by atoms with E-state index in [9.17, 15) is 18.0 Å². The highest BCUT2D eigenvalue weighted by Gasteiger charge is 2.33. The van der Waals surface area contributed by atoms with E-state index in [2.05, 4.69) is 10.2 Å². The van der Waals surface area contributed by atoms with Crippen molar-refractivity contribution in [3.05, 3.63) is 111 Å². The summed E-state index contributed by atoms with van der Waals surface area (Å²) in [5.74, 6) is 0. The molecule has 0 radical (unpaired) electrons. The van der Waals surface area contributed by atoms with Gasteiger partial charge in [-0.25, -0.2) is 9.48 Å². The molecule has 176 valence electrons. The smallest absolute Gasteiger partial charge is 0.244 e. The summed E-state index contributed by atoms with van der Waals surface area (Å²) < 4.78 is 42.6. The molecule has 5 aromatic rings. The van der Waals surface area contributed by atoms with E-state index < -0.39 is 17.4 Å². The lowest BCUT2D eigenvalue weighted by molar-refractivity contribution is -0.138. The van der Waals surface area contributed by atoms with Crippen molar-refractivity contribution in [3.8, 4) is 22.3 Å². The van der Waals surface area contributed by atoms with Gasteiger partial charge in [0.15, 0.2) is 5.65 Å². The van der Waals surface area contributed by atoms with Gasteiger partial charge >= 0.3 is 11.9 Å². The van der Waals surface area contributed by atoms with Gasteiger partial charge in [0, 0.05) is 21.2 Å². The fourth-order valence-electron chi connectivity index (χ4n) is 3.91. The zero-order valence-corrected chi connectivity index (χ0v) is 19.3. The van der Waals surface area contributed by atoms with E-state index in [1.54, 1.807) is 36.4 Å². The first-order valence-corrected chi connectivity index (χ1v) is 11.1. The van der Waals surface area contributed by atoms with E-state index in [0.29, 0.717) is 26.7 Å². The predicted octanol–water partition coefficient (Wildman–Crippen LogP) is 6.60. The monoisotopic (exact) mass is 514 g/mol. The van der Waals surface area contributed by atoms with Gasteiger partial charge < -0.3 is 0 Å². The van der Waals surface area contributed by atoms with Crippen LogP contribution in [0.25, 0.3) is 27.9 Å². The maximum absolute atomic E-state index is 13.5. The Labute approximate surface area is 207 Å². The summed E-state index contributed by atoms with van der Waals surface area (Å²) in [6.45, 7) is -0.367. The van der Waals surface area contributed by atoms with E-state index in [-0.39, 0.29) is 17.8 Å². The van der Waals surface area contributed by atoms with Crippen LogP contribution in [-0.4, -0.2) is 19.4 Å². The third kappa shape index (κ3) is 4.42. The van der Waals surface area contributed by atoms with Crippen molar-refractivity contribution >= 4 is 28.8 Å². The average molecular weight is 515 g/mol. The van der Waals surface area contributed by atoms with Crippen LogP contribution in [0, 0.1) is 0 Å². The van der Waals surface area contributed by atoms with E-state index in [0.717, 1.165) is 20.8 Å². The van der Waals surface area contributed by atoms with Gasteiger partial charge in [0.05, 0.1) is 18.3 Å². The van der Waals surface area contributed by atoms with Gasteiger partial charge in [0.1, 0.15) is 0 Å². The summed E-state index contributed by atoms with van der Waals surface area (Å²) in [4.78, 5) is 13.1. The first-order chi connectivity index (χ1) is 16.7. The molecule has 0 amide bonds. The fraction of sp³-hybridized carbons (Fsp3) is 0.0800. The number of hydrogen-bond acceptors (Lipinski definition) is 3. The van der Waals surface area contributed by atoms with Crippen LogP contribution < -0.4 is 5.69 Å². The van der Waals surface area contributed by atoms with Gasteiger partial charge in [-0.15, -0.1) is 5.10 Å². The Morgan fingerprint density at radius 3 is 2.06 bits per heavy atom.